The molecule has 0 aliphatic carbocycles. The van der Waals surface area contributed by atoms with E-state index in [1.807, 2.05) is 18.2 Å². The molecular weight excluding hydrogens is 195 g/mol. The highest BCUT2D eigenvalue weighted by Crippen LogP contribution is 2.27. The van der Waals surface area contributed by atoms with Gasteiger partial charge >= 0.3 is 0 Å². The number of hydrogen-bond acceptors (Lipinski definition) is 1. The largest absolute Gasteiger partial charge is 0.461 e. The van der Waals surface area contributed by atoms with Gasteiger partial charge in [0.15, 0.2) is 0 Å². The number of allylic oxidation sites excluding steroid dienone is 1. The third-order valence-electron chi connectivity index (χ3n) is 2.64. The van der Waals surface area contributed by atoms with Gasteiger partial charge < -0.3 is 4.42 Å². The van der Waals surface area contributed by atoms with Crippen LogP contribution in [-0.2, 0) is 6.32 Å². The highest BCUT2D eigenvalue weighted by atomic mass is 16.3. The average Bonchev–Trinajstić information content (AvgIpc) is 2.68. The van der Waals surface area contributed by atoms with Crippen LogP contribution in [0, 0.1) is 0 Å². The molecule has 0 fully saturated rings. The lowest BCUT2D eigenvalue weighted by Crippen LogP contribution is -1.82. The van der Waals surface area contributed by atoms with Crippen LogP contribution in [0.5, 0.6) is 0 Å². The molecule has 0 aliphatic heterocycles. The molecule has 0 N–H and O–H groups in total. The van der Waals surface area contributed by atoms with Crippen molar-refractivity contribution in [3.63, 3.8) is 0 Å². The normalized spacial score (nSPS) is 11.6. The first-order valence-corrected chi connectivity index (χ1v) is 5.73. The van der Waals surface area contributed by atoms with Gasteiger partial charge in [0.2, 0.25) is 0 Å². The maximum atomic E-state index is 5.70. The molecule has 2 aromatic rings. The number of para-hydroxylation sites is 1. The number of rotatable bonds is 4. The first kappa shape index (κ1) is 11.1. The lowest BCUT2D eigenvalue weighted by atomic mass is 9.98. The van der Waals surface area contributed by atoms with Crippen LogP contribution in [0.4, 0.5) is 0 Å². The van der Waals surface area contributed by atoms with Gasteiger partial charge in [-0.05, 0) is 18.8 Å². The Morgan fingerprint density at radius 3 is 2.88 bits per heavy atom. The van der Waals surface area contributed by atoms with E-state index in [1.54, 1.807) is 0 Å². The summed E-state index contributed by atoms with van der Waals surface area (Å²) >= 11 is 0. The zero-order valence-electron chi connectivity index (χ0n) is 9.57. The molecule has 0 amide bonds. The Morgan fingerprint density at radius 2 is 2.12 bits per heavy atom. The Labute approximate surface area is 97.6 Å². The van der Waals surface area contributed by atoms with Crippen LogP contribution < -0.4 is 0 Å². The van der Waals surface area contributed by atoms with Gasteiger partial charge in [-0.25, -0.2) is 0 Å². The van der Waals surface area contributed by atoms with Crippen LogP contribution in [0.2, 0.25) is 0 Å². The van der Waals surface area contributed by atoms with Crippen LogP contribution in [-0.4, -0.2) is 7.85 Å². The summed E-state index contributed by atoms with van der Waals surface area (Å²) in [5.41, 5.74) is 2.05. The van der Waals surface area contributed by atoms with E-state index in [0.29, 0.717) is 6.32 Å². The average molecular weight is 210 g/mol. The van der Waals surface area contributed by atoms with Crippen molar-refractivity contribution in [2.45, 2.75) is 26.1 Å². The number of furan rings is 1. The van der Waals surface area contributed by atoms with E-state index in [2.05, 4.69) is 25.1 Å². The van der Waals surface area contributed by atoms with Crippen molar-refractivity contribution in [2.24, 2.45) is 0 Å². The molecule has 2 rings (SSSR count). The lowest BCUT2D eigenvalue weighted by molar-refractivity contribution is 0.571. The Bertz CT molecular complexity index is 496. The van der Waals surface area contributed by atoms with Crippen LogP contribution in [0.15, 0.2) is 34.8 Å². The molecule has 2 heteroatoms. The monoisotopic (exact) mass is 210 g/mol. The molecule has 80 valence electrons. The Morgan fingerprint density at radius 1 is 1.31 bits per heavy atom. The van der Waals surface area contributed by atoms with Crippen LogP contribution >= 0.6 is 0 Å². The number of fused-ring (bicyclic) bond motifs is 1. The summed E-state index contributed by atoms with van der Waals surface area (Å²) < 4.78 is 5.70. The summed E-state index contributed by atoms with van der Waals surface area (Å²) in [6.45, 7) is 2.17. The molecule has 0 saturated heterocycles. The van der Waals surface area contributed by atoms with Gasteiger partial charge in [0.25, 0.3) is 0 Å². The predicted octanol–water partition coefficient (Wildman–Crippen LogP) is 3.91. The highest BCUT2D eigenvalue weighted by molar-refractivity contribution is 6.09. The molecule has 0 bridgehead atoms. The first-order valence-electron chi connectivity index (χ1n) is 5.73. The lowest BCUT2D eigenvalue weighted by Gasteiger charge is -1.93. The van der Waals surface area contributed by atoms with Crippen LogP contribution in [0.1, 0.15) is 31.1 Å². The molecular formula is C14H15BO. The van der Waals surface area contributed by atoms with E-state index in [4.69, 9.17) is 12.3 Å². The minimum Gasteiger partial charge on any atom is -0.461 e. The molecule has 1 aromatic carbocycles. The summed E-state index contributed by atoms with van der Waals surface area (Å²) in [5.74, 6) is 0.869. The molecule has 0 atom stereocenters. The summed E-state index contributed by atoms with van der Waals surface area (Å²) in [5, 5.41) is 1.15. The summed E-state index contributed by atoms with van der Waals surface area (Å²) in [4.78, 5) is 0. The second-order valence-electron chi connectivity index (χ2n) is 3.83. The molecule has 0 unspecified atom stereocenters. The van der Waals surface area contributed by atoms with Crippen LogP contribution in [0.25, 0.3) is 17.0 Å². The third kappa shape index (κ3) is 2.06. The maximum absolute atomic E-state index is 5.70. The Hall–Kier alpha value is -1.44. The molecule has 1 nitrogen and oxygen atoms in total. The zero-order chi connectivity index (χ0) is 11.4. The van der Waals surface area contributed by atoms with Gasteiger partial charge in [-0.1, -0.05) is 43.7 Å². The smallest absolute Gasteiger partial charge is 0.134 e. The van der Waals surface area contributed by atoms with Crippen molar-refractivity contribution >= 4 is 24.9 Å². The molecule has 0 saturated carbocycles. The van der Waals surface area contributed by atoms with Gasteiger partial charge in [-0.2, -0.15) is 0 Å². The van der Waals surface area contributed by atoms with Crippen molar-refractivity contribution in [2.75, 3.05) is 0 Å². The van der Waals surface area contributed by atoms with Crippen LogP contribution in [0.3, 0.4) is 0 Å². The van der Waals surface area contributed by atoms with Gasteiger partial charge in [-0.3, -0.25) is 0 Å². The molecule has 0 spiro atoms. The quantitative estimate of drug-likeness (QED) is 0.697. The van der Waals surface area contributed by atoms with Gasteiger partial charge in [0, 0.05) is 10.9 Å². The van der Waals surface area contributed by atoms with Crippen molar-refractivity contribution in [1.29, 1.82) is 0 Å². The van der Waals surface area contributed by atoms with E-state index in [-0.39, 0.29) is 0 Å². The fourth-order valence-corrected chi connectivity index (χ4v) is 1.82. The Kier molecular flexibility index (Phi) is 3.50. The fraction of sp³-hybridized carbons (Fsp3) is 0.286. The predicted molar refractivity (Wildman–Crippen MR) is 69.6 cm³/mol. The summed E-state index contributed by atoms with van der Waals surface area (Å²) in [6, 6.07) is 8.05. The Balaban J connectivity index is 2.47. The number of unbranched alkanes of at least 4 members (excludes halogenated alkanes) is 1. The number of hydrogen-bond donors (Lipinski definition) is 0. The minimum absolute atomic E-state index is 0.445. The van der Waals surface area contributed by atoms with E-state index >= 15 is 0 Å². The van der Waals surface area contributed by atoms with Crippen molar-refractivity contribution in [3.05, 3.63) is 41.7 Å². The second kappa shape index (κ2) is 5.06. The highest BCUT2D eigenvalue weighted by Gasteiger charge is 2.08. The molecule has 2 radical (unpaired) electrons. The van der Waals surface area contributed by atoms with Crippen molar-refractivity contribution in [1.82, 2.24) is 0 Å². The molecule has 1 aromatic heterocycles. The first-order chi connectivity index (χ1) is 7.86. The van der Waals surface area contributed by atoms with Crippen molar-refractivity contribution < 1.29 is 4.42 Å². The van der Waals surface area contributed by atoms with E-state index in [1.165, 1.54) is 0 Å². The van der Waals surface area contributed by atoms with Gasteiger partial charge in [-0.15, -0.1) is 0 Å². The second-order valence-corrected chi connectivity index (χ2v) is 3.83. The summed E-state index contributed by atoms with van der Waals surface area (Å²) in [7, 11) is 5.69. The van der Waals surface area contributed by atoms with E-state index in [0.717, 1.165) is 35.1 Å². The number of benzene rings is 1. The molecule has 1 heterocycles. The topological polar surface area (TPSA) is 13.1 Å². The fourth-order valence-electron chi connectivity index (χ4n) is 1.82. The molecule has 16 heavy (non-hydrogen) atoms. The maximum Gasteiger partial charge on any atom is 0.134 e. The van der Waals surface area contributed by atoms with Gasteiger partial charge in [0.1, 0.15) is 11.3 Å². The molecule has 0 aliphatic rings. The third-order valence-corrected chi connectivity index (χ3v) is 2.64. The van der Waals surface area contributed by atoms with Crippen molar-refractivity contribution in [3.8, 4) is 0 Å². The SMILES string of the molecule is [B]Cc1oc2ccccc2c1/C=C\CCC. The summed E-state index contributed by atoms with van der Waals surface area (Å²) in [6.07, 6.45) is 6.99. The zero-order valence-corrected chi connectivity index (χ0v) is 9.57. The van der Waals surface area contributed by atoms with E-state index < -0.39 is 0 Å². The van der Waals surface area contributed by atoms with Gasteiger partial charge in [0.05, 0.1) is 7.85 Å². The minimum atomic E-state index is 0.445. The standard InChI is InChI=1S/C14H15BO/c1-2-3-4-7-12-11-8-5-6-9-13(11)16-14(12)10-15/h4-9H,2-3,10H2,1H3/b7-4-. The van der Waals surface area contributed by atoms with E-state index in [9.17, 15) is 0 Å².